The minimum absolute atomic E-state index is 0.105. The number of nitrogens with one attached hydrogen (secondary N) is 1. The minimum Gasteiger partial charge on any atom is -0.496 e. The fourth-order valence-corrected chi connectivity index (χ4v) is 10.7. The molecule has 0 saturated carbocycles. The van der Waals surface area contributed by atoms with Crippen molar-refractivity contribution in [2.75, 3.05) is 52.9 Å². The molecule has 1 N–H and O–H groups in total. The number of aryl methyl sites for hydroxylation is 6. The second kappa shape index (κ2) is 20.0. The molecule has 2 unspecified atom stereocenters. The van der Waals surface area contributed by atoms with Crippen molar-refractivity contribution >= 4 is 41.9 Å². The van der Waals surface area contributed by atoms with Crippen molar-refractivity contribution in [2.24, 2.45) is 11.8 Å². The number of benzene rings is 2. The third-order valence-corrected chi connectivity index (χ3v) is 13.8. The van der Waals surface area contributed by atoms with Crippen LogP contribution >= 0.6 is 10.7 Å². The van der Waals surface area contributed by atoms with Gasteiger partial charge in [-0.1, -0.05) is 37.4 Å². The number of aromatic nitrogens is 2. The zero-order valence-corrected chi connectivity index (χ0v) is 38.9. The van der Waals surface area contributed by atoms with Crippen molar-refractivity contribution in [3.8, 4) is 11.5 Å². The molecule has 2 aliphatic carbocycles. The van der Waals surface area contributed by atoms with Crippen LogP contribution in [0.15, 0.2) is 61.9 Å². The highest BCUT2D eigenvalue weighted by Gasteiger charge is 2.38. The Morgan fingerprint density at radius 2 is 1.07 bits per heavy atom. The molecule has 2 aromatic carbocycles. The van der Waals surface area contributed by atoms with E-state index in [2.05, 4.69) is 79.4 Å². The molecule has 61 heavy (non-hydrogen) atoms. The second-order valence-corrected chi connectivity index (χ2v) is 21.9. The zero-order chi connectivity index (χ0) is 44.1. The topological polar surface area (TPSA) is 128 Å². The largest absolute Gasteiger partial charge is 0.496 e. The van der Waals surface area contributed by atoms with Crippen LogP contribution in [-0.2, 0) is 44.8 Å². The van der Waals surface area contributed by atoms with Gasteiger partial charge in [0.2, 0.25) is 19.1 Å². The van der Waals surface area contributed by atoms with Crippen molar-refractivity contribution < 1.29 is 26.3 Å². The van der Waals surface area contributed by atoms with Crippen LogP contribution in [0.4, 0.5) is 0 Å². The molecule has 10 nitrogen and oxygen atoms in total. The highest BCUT2D eigenvalue weighted by atomic mass is 35.7. The van der Waals surface area contributed by atoms with E-state index in [-0.39, 0.29) is 5.92 Å². The van der Waals surface area contributed by atoms with E-state index in [4.69, 9.17) is 19.4 Å². The van der Waals surface area contributed by atoms with Crippen LogP contribution in [0.5, 0.6) is 11.5 Å². The number of ether oxygens (including phenoxy) is 2. The standard InChI is InChI=1S/C24H30N2O3S.C23H28N2O.CH3ClO2S/c1-5-17-14-20-7-6-19-12-16(2)13-21(29-3)22(19)23(24(20)25-15-17)18-8-10-26(11-9-18)30(4,27)28;1-4-16-13-19-6-5-18-11-15(2)12-20(26-3)21(18)22(23(19)25-14-16)17-7-9-24-10-8-17;1-5(2,3)4/h5,12-15,18,23H,1,6-11H2,2-4H3;4,11-14,17,22,24H,1,5-10H2,2-3H3;1H3. The number of hydrogen-bond acceptors (Lipinski definition) is 9. The number of hydrogen-bond donors (Lipinski definition) is 1. The first-order chi connectivity index (χ1) is 29.0. The van der Waals surface area contributed by atoms with Crippen LogP contribution in [0, 0.1) is 25.7 Å². The summed E-state index contributed by atoms with van der Waals surface area (Å²) in [6.45, 7) is 15.4. The van der Waals surface area contributed by atoms with Crippen molar-refractivity contribution in [1.82, 2.24) is 19.6 Å². The Morgan fingerprint density at radius 1 is 0.672 bits per heavy atom. The summed E-state index contributed by atoms with van der Waals surface area (Å²) in [5.74, 6) is 3.30. The van der Waals surface area contributed by atoms with E-state index in [0.29, 0.717) is 30.8 Å². The van der Waals surface area contributed by atoms with Crippen molar-refractivity contribution in [3.05, 3.63) is 129 Å². The van der Waals surface area contributed by atoms with E-state index in [9.17, 15) is 16.8 Å². The predicted octanol–water partition coefficient (Wildman–Crippen LogP) is 8.40. The number of fused-ring (bicyclic) bond motifs is 4. The minimum atomic E-state index is -3.19. The van der Waals surface area contributed by atoms with Gasteiger partial charge in [0.05, 0.1) is 38.1 Å². The highest BCUT2D eigenvalue weighted by Crippen LogP contribution is 2.48. The van der Waals surface area contributed by atoms with E-state index < -0.39 is 19.1 Å². The zero-order valence-electron chi connectivity index (χ0n) is 36.5. The summed E-state index contributed by atoms with van der Waals surface area (Å²) in [5.41, 5.74) is 15.0. The van der Waals surface area contributed by atoms with Gasteiger partial charge in [-0.25, -0.2) is 21.1 Å². The van der Waals surface area contributed by atoms with E-state index in [1.165, 1.54) is 69.3 Å². The molecular weight excluding hydrogens is 828 g/mol. The van der Waals surface area contributed by atoms with Crippen LogP contribution in [-0.4, -0.2) is 84.0 Å². The molecule has 0 bridgehead atoms. The average Bonchev–Trinajstić information content (AvgIpc) is 3.50. The Hall–Kier alpha value is -4.07. The smallest absolute Gasteiger partial charge is 0.229 e. The predicted molar refractivity (Wildman–Crippen MR) is 248 cm³/mol. The average molecular weight is 890 g/mol. The Bertz CT molecular complexity index is 2450. The summed E-state index contributed by atoms with van der Waals surface area (Å²) in [7, 11) is 1.69. The normalized spacial score (nSPS) is 19.4. The highest BCUT2D eigenvalue weighted by molar-refractivity contribution is 8.13. The van der Waals surface area contributed by atoms with Crippen molar-refractivity contribution in [2.45, 2.75) is 77.0 Å². The number of methoxy groups -OCH3 is 2. The fourth-order valence-electron chi connectivity index (χ4n) is 9.84. The molecular formula is C48H61ClN4O6S2. The van der Waals surface area contributed by atoms with Gasteiger partial charge < -0.3 is 14.8 Å². The summed E-state index contributed by atoms with van der Waals surface area (Å²) in [5, 5.41) is 3.51. The van der Waals surface area contributed by atoms with E-state index in [1.807, 2.05) is 24.5 Å². The van der Waals surface area contributed by atoms with Gasteiger partial charge in [0.1, 0.15) is 11.5 Å². The summed E-state index contributed by atoms with van der Waals surface area (Å²) >= 11 is 0. The van der Waals surface area contributed by atoms with E-state index in [0.717, 1.165) is 86.2 Å². The number of sulfonamides is 1. The lowest BCUT2D eigenvalue weighted by Gasteiger charge is -2.36. The summed E-state index contributed by atoms with van der Waals surface area (Å²) < 4.78 is 56.1. The number of rotatable bonds is 7. The molecule has 2 atom stereocenters. The van der Waals surface area contributed by atoms with Crippen LogP contribution in [0.3, 0.4) is 0 Å². The van der Waals surface area contributed by atoms with Gasteiger partial charge in [-0.05, 0) is 159 Å². The summed E-state index contributed by atoms with van der Waals surface area (Å²) in [6, 6.07) is 13.4. The quantitative estimate of drug-likeness (QED) is 0.182. The Labute approximate surface area is 368 Å². The number of pyridine rings is 2. The Balaban J connectivity index is 0.000000185. The lowest BCUT2D eigenvalue weighted by Crippen LogP contribution is -2.39. The third kappa shape index (κ3) is 11.3. The molecule has 4 aliphatic rings. The molecule has 0 spiro atoms. The Morgan fingerprint density at radius 3 is 1.44 bits per heavy atom. The molecule has 2 aromatic heterocycles. The lowest BCUT2D eigenvalue weighted by atomic mass is 9.76. The number of halogens is 1. The summed E-state index contributed by atoms with van der Waals surface area (Å²) in [4.78, 5) is 9.87. The molecule has 328 valence electrons. The number of piperidine rings is 2. The van der Waals surface area contributed by atoms with Crippen molar-refractivity contribution in [3.63, 3.8) is 0 Å². The van der Waals surface area contributed by atoms with Gasteiger partial charge in [-0.2, -0.15) is 0 Å². The molecule has 8 rings (SSSR count). The van der Waals surface area contributed by atoms with Gasteiger partial charge in [-0.15, -0.1) is 0 Å². The van der Waals surface area contributed by atoms with E-state index >= 15 is 0 Å². The van der Waals surface area contributed by atoms with Crippen LogP contribution in [0.25, 0.3) is 12.2 Å². The summed E-state index contributed by atoms with van der Waals surface area (Å²) in [6.07, 6.45) is 17.8. The van der Waals surface area contributed by atoms with Gasteiger partial charge >= 0.3 is 0 Å². The fraction of sp³-hybridized carbons (Fsp3) is 0.458. The molecule has 4 heterocycles. The van der Waals surface area contributed by atoms with Gasteiger partial charge in [0.25, 0.3) is 0 Å². The van der Waals surface area contributed by atoms with Crippen molar-refractivity contribution in [1.29, 1.82) is 0 Å². The molecule has 13 heteroatoms. The Kier molecular flexibility index (Phi) is 15.2. The molecule has 2 aliphatic heterocycles. The monoisotopic (exact) mass is 888 g/mol. The van der Waals surface area contributed by atoms with Gasteiger partial charge in [0.15, 0.2) is 0 Å². The first kappa shape index (κ1) is 46.4. The molecule has 4 aromatic rings. The maximum absolute atomic E-state index is 12.0. The third-order valence-electron chi connectivity index (χ3n) is 12.5. The van der Waals surface area contributed by atoms with Gasteiger partial charge in [-0.3, -0.25) is 9.97 Å². The van der Waals surface area contributed by atoms with Crippen LogP contribution in [0.1, 0.15) is 105 Å². The second-order valence-electron chi connectivity index (χ2n) is 16.8. The first-order valence-electron chi connectivity index (χ1n) is 21.2. The van der Waals surface area contributed by atoms with Crippen LogP contribution < -0.4 is 14.8 Å². The van der Waals surface area contributed by atoms with E-state index in [1.54, 1.807) is 18.5 Å². The van der Waals surface area contributed by atoms with Crippen LogP contribution in [0.2, 0.25) is 0 Å². The molecule has 2 fully saturated rings. The maximum atomic E-state index is 12.0. The lowest BCUT2D eigenvalue weighted by molar-refractivity contribution is 0.253. The maximum Gasteiger partial charge on any atom is 0.229 e. The number of nitrogens with zero attached hydrogens (tertiary/aromatic N) is 3. The SMILES string of the molecule is C=Cc1cnc2c(c1)CCc1cc(C)cc(OC)c1C2C1CCN(S(C)(=O)=O)CC1.C=Cc1cnc2c(c1)CCc1cc(C)cc(OC)c1C2C1CCNCC1.CS(=O)(=O)Cl. The van der Waals surface area contributed by atoms with Gasteiger partial charge in [0, 0.05) is 59.1 Å². The first-order valence-corrected chi connectivity index (χ1v) is 25.7. The molecule has 2 saturated heterocycles. The molecule has 0 amide bonds. The molecule has 0 radical (unpaired) electrons.